The second-order valence-electron chi connectivity index (χ2n) is 13.1. The number of ether oxygens (including phenoxy) is 3. The van der Waals surface area contributed by atoms with Crippen molar-refractivity contribution in [3.05, 3.63) is 124 Å². The van der Waals surface area contributed by atoms with Gasteiger partial charge < -0.3 is 45.6 Å². The second kappa shape index (κ2) is 29.5. The molecule has 0 unspecified atom stereocenters. The molecular formula is C43H47Cl6N4O14P. The molecular weight excluding hydrogens is 1040 g/mol. The molecule has 0 amide bonds. The Balaban J connectivity index is 0.000000869. The first-order valence-corrected chi connectivity index (χ1v) is 24.7. The first-order valence-electron chi connectivity index (χ1n) is 19.1. The summed E-state index contributed by atoms with van der Waals surface area (Å²) in [4.78, 5) is 86.0. The lowest BCUT2D eigenvalue weighted by Gasteiger charge is -2.09. The van der Waals surface area contributed by atoms with Gasteiger partial charge in [-0.1, -0.05) is 69.7 Å². The van der Waals surface area contributed by atoms with Crippen molar-refractivity contribution in [1.82, 2.24) is 21.1 Å². The number of nitrogens with zero attached hydrogens (tertiary/aromatic N) is 1. The maximum Gasteiger partial charge on any atom is 0.347 e. The highest BCUT2D eigenvalue weighted by molar-refractivity contribution is 8.24. The molecule has 25 heteroatoms. The van der Waals surface area contributed by atoms with E-state index in [4.69, 9.17) is 68.8 Å². The zero-order chi connectivity index (χ0) is 51.5. The van der Waals surface area contributed by atoms with Gasteiger partial charge in [-0.3, -0.25) is 23.7 Å². The number of rotatable bonds is 6. The number of H-pyrrole nitrogens is 2. The van der Waals surface area contributed by atoms with Crippen molar-refractivity contribution < 1.29 is 58.1 Å². The third-order valence-electron chi connectivity index (χ3n) is 7.72. The summed E-state index contributed by atoms with van der Waals surface area (Å²) in [6.45, 7) is 13.5. The summed E-state index contributed by atoms with van der Waals surface area (Å²) < 4.78 is 24.0. The second-order valence-corrected chi connectivity index (χ2v) is 20.9. The number of aryl methyl sites for hydroxylation is 3. The van der Waals surface area contributed by atoms with Gasteiger partial charge in [-0.25, -0.2) is 19.4 Å². The quantitative estimate of drug-likeness (QED) is 0.0391. The van der Waals surface area contributed by atoms with Gasteiger partial charge in [0.2, 0.25) is 0 Å². The molecule has 68 heavy (non-hydrogen) atoms. The highest BCUT2D eigenvalue weighted by Crippen LogP contribution is 2.61. The summed E-state index contributed by atoms with van der Waals surface area (Å²) in [6.07, 6.45) is 0. The molecule has 0 aliphatic carbocycles. The van der Waals surface area contributed by atoms with Crippen LogP contribution in [0.3, 0.4) is 0 Å². The van der Waals surface area contributed by atoms with E-state index in [9.17, 15) is 33.6 Å². The Morgan fingerprint density at radius 2 is 0.926 bits per heavy atom. The van der Waals surface area contributed by atoms with E-state index in [1.165, 1.54) is 0 Å². The highest BCUT2D eigenvalue weighted by Gasteiger charge is 2.22. The van der Waals surface area contributed by atoms with Crippen molar-refractivity contribution in [2.45, 2.75) is 55.4 Å². The zero-order valence-electron chi connectivity index (χ0n) is 37.5. The number of carbonyl (C=O) groups is 5. The van der Waals surface area contributed by atoms with Gasteiger partial charge in [0.1, 0.15) is 22.0 Å². The van der Waals surface area contributed by atoms with Gasteiger partial charge in [0.15, 0.2) is 5.56 Å². The van der Waals surface area contributed by atoms with Crippen molar-refractivity contribution in [3.8, 4) is 5.75 Å². The fourth-order valence-electron chi connectivity index (χ4n) is 5.22. The molecule has 3 aromatic heterocycles. The van der Waals surface area contributed by atoms with Crippen LogP contribution in [0.1, 0.15) is 82.4 Å². The van der Waals surface area contributed by atoms with Crippen LogP contribution in [0, 0.1) is 20.8 Å². The number of aromatic amines is 2. The van der Waals surface area contributed by atoms with Gasteiger partial charge in [-0.05, 0) is 112 Å². The molecule has 0 saturated carbocycles. The van der Waals surface area contributed by atoms with Gasteiger partial charge in [0.25, 0.3) is 23.1 Å². The van der Waals surface area contributed by atoms with Gasteiger partial charge in [-0.15, -0.1) is 0 Å². The Hall–Kier alpha value is -5.43. The summed E-state index contributed by atoms with van der Waals surface area (Å²) >= 11 is 32.2. The van der Waals surface area contributed by atoms with E-state index in [1.54, 1.807) is 39.0 Å². The number of benzene rings is 3. The minimum Gasteiger partial charge on any atom is -0.506 e. The van der Waals surface area contributed by atoms with Gasteiger partial charge >= 0.3 is 23.1 Å². The number of hydrogen-bond donors (Lipinski definition) is 6. The van der Waals surface area contributed by atoms with Gasteiger partial charge in [-0.2, -0.15) is 0 Å². The minimum absolute atomic E-state index is 0. The number of fused-ring (bicyclic) bond motifs is 3. The summed E-state index contributed by atoms with van der Waals surface area (Å²) in [7, 11) is 0. The zero-order valence-corrected chi connectivity index (χ0v) is 42.9. The molecule has 0 spiro atoms. The molecule has 0 saturated heterocycles. The van der Waals surface area contributed by atoms with Crippen LogP contribution in [0.5, 0.6) is 5.75 Å². The lowest BCUT2D eigenvalue weighted by molar-refractivity contribution is -0.135. The van der Waals surface area contributed by atoms with Gasteiger partial charge in [0, 0.05) is 35.5 Å². The van der Waals surface area contributed by atoms with Crippen molar-refractivity contribution in [1.29, 1.82) is 0 Å². The molecule has 0 aliphatic rings. The Bertz CT molecular complexity index is 2800. The third-order valence-corrected chi connectivity index (χ3v) is 8.78. The molecule has 6 aromatic rings. The number of aliphatic carboxylic acids is 2. The average Bonchev–Trinajstić information content (AvgIpc) is 3.19. The van der Waals surface area contributed by atoms with Crippen LogP contribution in [0.2, 0.25) is 15.2 Å². The van der Waals surface area contributed by atoms with Crippen molar-refractivity contribution in [3.63, 3.8) is 0 Å². The van der Waals surface area contributed by atoms with Crippen molar-refractivity contribution >= 4 is 136 Å². The minimum atomic E-state index is -3.22. The molecule has 0 atom stereocenters. The number of carboxylic acids is 2. The van der Waals surface area contributed by atoms with E-state index in [1.807, 2.05) is 57.2 Å². The van der Waals surface area contributed by atoms with Crippen molar-refractivity contribution in [2.75, 3.05) is 19.8 Å². The maximum absolute atomic E-state index is 11.8. The molecule has 8 N–H and O–H groups in total. The number of carbonyl (C=O) groups excluding carboxylic acids is 3. The Morgan fingerprint density at radius 1 is 0.603 bits per heavy atom. The van der Waals surface area contributed by atoms with Crippen LogP contribution in [0.4, 0.5) is 0 Å². The maximum atomic E-state index is 11.8. The standard InChI is InChI=1S/C13H11Cl2NO2.C13H12ClNO3.C13H13NO4.2C2H4O2.Cl3OP.H3N/c1-3-18-13(17)10-11(14)8-6-7(2)4-5-9(8)16-12(10)15;1-3-18-13(17)10-11(14)8-6-7(2)4-5-9(8)15-12(10)16;1-3-18-13(17)10-11(15)8-6-7(2)4-5-9(8)14-12(10)16;2*1-2(3)4;1-5(2,3)4;/h4-6H,3H2,1-2H3;4-6H,3H2,1-2H3,(H,15,16);4-6H,3H2,1-2H3,(H2,14,15,16);2*1H3,(H,3,4);;1H3. The molecule has 6 rings (SSSR count). The highest BCUT2D eigenvalue weighted by atomic mass is 36.0. The number of esters is 3. The Kier molecular flexibility index (Phi) is 27.1. The Morgan fingerprint density at radius 3 is 1.35 bits per heavy atom. The molecule has 0 aliphatic heterocycles. The van der Waals surface area contributed by atoms with Crippen LogP contribution in [-0.4, -0.2) is 79.9 Å². The third kappa shape index (κ3) is 20.4. The molecule has 3 aromatic carbocycles. The fourth-order valence-corrected chi connectivity index (χ4v) is 6.17. The number of pyridine rings is 3. The normalized spacial score (nSPS) is 10.0. The molecule has 0 fully saturated rings. The molecule has 0 radical (unpaired) electrons. The first-order chi connectivity index (χ1) is 31.1. The number of carboxylic acid groups (broad SMARTS) is 2. The number of aromatic nitrogens is 3. The van der Waals surface area contributed by atoms with E-state index in [-0.39, 0.29) is 63.6 Å². The average molecular weight is 1090 g/mol. The number of aromatic hydroxyl groups is 1. The molecule has 370 valence electrons. The van der Waals surface area contributed by atoms with E-state index >= 15 is 0 Å². The number of halogens is 6. The summed E-state index contributed by atoms with van der Waals surface area (Å²) in [5.41, 5.74) is 3.12. The van der Waals surface area contributed by atoms with Crippen LogP contribution < -0.4 is 17.3 Å². The summed E-state index contributed by atoms with van der Waals surface area (Å²) in [5, 5.41) is 23.9. The fraction of sp³-hybridized carbons (Fsp3) is 0.256. The smallest absolute Gasteiger partial charge is 0.347 e. The number of hydrogen-bond acceptors (Lipinski definition) is 14. The SMILES string of the molecule is CC(=O)O.CC(=O)O.CCOC(=O)c1c(Cl)c2cc(C)ccc2[nH]c1=O.CCOC(=O)c1c(Cl)nc2ccc(C)cc2c1Cl.CCOC(=O)c1c(O)c2cc(C)ccc2[nH]c1=O.N.O=P(Cl)(Cl)Cl. The van der Waals surface area contributed by atoms with E-state index in [0.29, 0.717) is 32.7 Å². The van der Waals surface area contributed by atoms with Crippen LogP contribution in [0.25, 0.3) is 32.7 Å². The lowest BCUT2D eigenvalue weighted by Crippen LogP contribution is -2.20. The largest absolute Gasteiger partial charge is 0.506 e. The summed E-state index contributed by atoms with van der Waals surface area (Å²) in [5.74, 6) is -4.08. The molecule has 0 bridgehead atoms. The topological polar surface area (TPSA) is 304 Å². The predicted octanol–water partition coefficient (Wildman–Crippen LogP) is 11.6. The van der Waals surface area contributed by atoms with E-state index in [0.717, 1.165) is 30.5 Å². The predicted molar refractivity (Wildman–Crippen MR) is 266 cm³/mol. The first kappa shape index (κ1) is 62.6. The lowest BCUT2D eigenvalue weighted by atomic mass is 10.1. The Labute approximate surface area is 418 Å². The molecule has 3 heterocycles. The monoisotopic (exact) mass is 1080 g/mol. The van der Waals surface area contributed by atoms with Crippen molar-refractivity contribution in [2.24, 2.45) is 0 Å². The van der Waals surface area contributed by atoms with E-state index < -0.39 is 46.2 Å². The van der Waals surface area contributed by atoms with Crippen LogP contribution in [-0.2, 0) is 28.4 Å². The van der Waals surface area contributed by atoms with Gasteiger partial charge in [0.05, 0.1) is 40.9 Å². The molecule has 18 nitrogen and oxygen atoms in total. The number of nitrogens with one attached hydrogen (secondary N) is 2. The van der Waals surface area contributed by atoms with Crippen LogP contribution in [0.15, 0.2) is 64.2 Å². The summed E-state index contributed by atoms with van der Waals surface area (Å²) in [6, 6.07) is 16.2. The van der Waals surface area contributed by atoms with Crippen LogP contribution >= 0.6 is 73.7 Å². The van der Waals surface area contributed by atoms with E-state index in [2.05, 4.69) is 48.7 Å².